The van der Waals surface area contributed by atoms with Crippen LogP contribution in [-0.4, -0.2) is 93.2 Å². The van der Waals surface area contributed by atoms with E-state index in [4.69, 9.17) is 18.9 Å². The summed E-state index contributed by atoms with van der Waals surface area (Å²) in [4.78, 5) is 0. The third-order valence-corrected chi connectivity index (χ3v) is 5.94. The fraction of sp³-hybridized carbons (Fsp3) is 1.00. The second-order valence-corrected chi connectivity index (χ2v) is 15.3. The third kappa shape index (κ3) is 20.6. The number of hydrogen-bond acceptors (Lipinski definition) is 8. The summed E-state index contributed by atoms with van der Waals surface area (Å²) in [6.07, 6.45) is 2.07. The highest BCUT2D eigenvalue weighted by Crippen LogP contribution is 2.44. The van der Waals surface area contributed by atoms with Crippen molar-refractivity contribution < 1.29 is 39.4 Å². The highest BCUT2D eigenvalue weighted by Gasteiger charge is 2.44. The Morgan fingerprint density at radius 1 is 0.553 bits per heavy atom. The van der Waals surface area contributed by atoms with Gasteiger partial charge in [-0.05, 0) is 116 Å². The minimum Gasteiger partial charge on any atom is -0.390 e. The van der Waals surface area contributed by atoms with Crippen molar-refractivity contribution in [2.75, 3.05) is 33.0 Å². The van der Waals surface area contributed by atoms with Gasteiger partial charge < -0.3 is 39.4 Å². The third-order valence-electron chi connectivity index (χ3n) is 5.94. The van der Waals surface area contributed by atoms with Crippen LogP contribution in [0.4, 0.5) is 0 Å². The highest BCUT2D eigenvalue weighted by molar-refractivity contribution is 4.94. The number of hydrogen-bond donors (Lipinski definition) is 4. The van der Waals surface area contributed by atoms with E-state index in [1.54, 1.807) is 55.4 Å². The lowest BCUT2D eigenvalue weighted by atomic mass is 9.69. The zero-order chi connectivity index (χ0) is 30.3. The van der Waals surface area contributed by atoms with Crippen LogP contribution in [-0.2, 0) is 18.9 Å². The second-order valence-electron chi connectivity index (χ2n) is 15.3. The van der Waals surface area contributed by atoms with Crippen molar-refractivity contribution in [3.63, 3.8) is 0 Å². The molecule has 4 N–H and O–H groups in total. The maximum Gasteiger partial charge on any atom is 0.0824 e. The van der Waals surface area contributed by atoms with Gasteiger partial charge in [0.2, 0.25) is 0 Å². The molecule has 0 rings (SSSR count). The van der Waals surface area contributed by atoms with Crippen molar-refractivity contribution in [2.24, 2.45) is 5.41 Å². The molecule has 0 aromatic rings. The molecule has 230 valence electrons. The van der Waals surface area contributed by atoms with Crippen LogP contribution in [0.3, 0.4) is 0 Å². The zero-order valence-corrected chi connectivity index (χ0v) is 26.9. The molecule has 0 aromatic heterocycles. The number of aliphatic hydroxyl groups is 4. The van der Waals surface area contributed by atoms with Gasteiger partial charge in [0.05, 0.1) is 66.1 Å². The van der Waals surface area contributed by atoms with Crippen LogP contribution in [0.5, 0.6) is 0 Å². The van der Waals surface area contributed by atoms with Gasteiger partial charge in [-0.3, -0.25) is 0 Å². The van der Waals surface area contributed by atoms with Crippen LogP contribution in [0.15, 0.2) is 0 Å². The Morgan fingerprint density at radius 2 is 0.947 bits per heavy atom. The van der Waals surface area contributed by atoms with Gasteiger partial charge in [0.25, 0.3) is 0 Å². The Labute approximate surface area is 233 Å². The van der Waals surface area contributed by atoms with Crippen molar-refractivity contribution >= 4 is 0 Å². The van der Waals surface area contributed by atoms with Gasteiger partial charge in [-0.15, -0.1) is 0 Å². The first-order valence-electron chi connectivity index (χ1n) is 14.0. The summed E-state index contributed by atoms with van der Waals surface area (Å²) in [6.45, 7) is 25.2. The molecule has 0 heterocycles. The van der Waals surface area contributed by atoms with E-state index in [1.165, 1.54) is 0 Å². The summed E-state index contributed by atoms with van der Waals surface area (Å²) >= 11 is 0. The molecule has 0 aliphatic rings. The fourth-order valence-corrected chi connectivity index (χ4v) is 4.65. The largest absolute Gasteiger partial charge is 0.390 e. The van der Waals surface area contributed by atoms with Gasteiger partial charge in [-0.25, -0.2) is 0 Å². The van der Waals surface area contributed by atoms with E-state index in [0.717, 1.165) is 0 Å². The summed E-state index contributed by atoms with van der Waals surface area (Å²) in [6, 6.07) is 0. The molecule has 8 heteroatoms. The van der Waals surface area contributed by atoms with Gasteiger partial charge in [-0.2, -0.15) is 0 Å². The minimum absolute atomic E-state index is 0.180. The average molecular weight is 551 g/mol. The molecule has 0 fully saturated rings. The van der Waals surface area contributed by atoms with Gasteiger partial charge >= 0.3 is 0 Å². The maximum atomic E-state index is 10.3. The van der Waals surface area contributed by atoms with E-state index in [-0.39, 0.29) is 25.9 Å². The predicted octanol–water partition coefficient (Wildman–Crippen LogP) is 4.63. The topological polar surface area (TPSA) is 118 Å². The molecule has 0 saturated heterocycles. The molecule has 0 saturated carbocycles. The van der Waals surface area contributed by atoms with Gasteiger partial charge in [-0.1, -0.05) is 0 Å². The minimum atomic E-state index is -0.971. The van der Waals surface area contributed by atoms with Gasteiger partial charge in [0, 0.05) is 12.0 Å². The first-order valence-corrected chi connectivity index (χ1v) is 14.0. The molecule has 1 unspecified atom stereocenters. The van der Waals surface area contributed by atoms with Crippen LogP contribution >= 0.6 is 0 Å². The Balaban J connectivity index is 6.19. The quantitative estimate of drug-likeness (QED) is 0.162. The number of ether oxygens (including phenoxy) is 4. The second kappa shape index (κ2) is 14.0. The van der Waals surface area contributed by atoms with E-state index >= 15 is 0 Å². The van der Waals surface area contributed by atoms with E-state index in [2.05, 4.69) is 0 Å². The summed E-state index contributed by atoms with van der Waals surface area (Å²) in [7, 11) is 0. The molecular weight excluding hydrogens is 488 g/mol. The van der Waals surface area contributed by atoms with E-state index in [9.17, 15) is 20.4 Å². The predicted molar refractivity (Wildman–Crippen MR) is 152 cm³/mol. The van der Waals surface area contributed by atoms with Crippen molar-refractivity contribution in [2.45, 2.75) is 155 Å². The smallest absolute Gasteiger partial charge is 0.0824 e. The fourth-order valence-electron chi connectivity index (χ4n) is 4.65. The molecule has 0 aliphatic carbocycles. The van der Waals surface area contributed by atoms with Crippen molar-refractivity contribution in [3.05, 3.63) is 0 Å². The maximum absolute atomic E-state index is 10.3. The molecule has 8 nitrogen and oxygen atoms in total. The van der Waals surface area contributed by atoms with Crippen LogP contribution in [0.1, 0.15) is 116 Å². The van der Waals surface area contributed by atoms with Crippen LogP contribution in [0, 0.1) is 5.41 Å². The molecule has 0 radical (unpaired) electrons. The Kier molecular flexibility index (Phi) is 13.9. The van der Waals surface area contributed by atoms with Crippen LogP contribution in [0.2, 0.25) is 0 Å². The van der Waals surface area contributed by atoms with Gasteiger partial charge in [0.15, 0.2) is 0 Å². The summed E-state index contributed by atoms with van der Waals surface area (Å²) in [5, 5.41) is 41.0. The Bertz CT molecular complexity index is 628. The summed E-state index contributed by atoms with van der Waals surface area (Å²) in [5.74, 6) is 0. The normalized spacial score (nSPS) is 15.7. The SMILES string of the molecule is CC(CC(COCCC(C)(C)O)(CC(C)(C)OCC(C)(C)O)CC(C)(C)OCC(C)(C)O)OCC(C)(C)O. The molecule has 0 spiro atoms. The van der Waals surface area contributed by atoms with Crippen molar-refractivity contribution in [1.29, 1.82) is 0 Å². The lowest BCUT2D eigenvalue weighted by molar-refractivity contribution is -0.154. The van der Waals surface area contributed by atoms with E-state index < -0.39 is 39.0 Å². The average Bonchev–Trinajstić information content (AvgIpc) is 2.64. The van der Waals surface area contributed by atoms with Gasteiger partial charge in [0.1, 0.15) is 0 Å². The Hall–Kier alpha value is -0.320. The summed E-state index contributed by atoms with van der Waals surface area (Å²) in [5.41, 5.74) is -5.43. The number of rotatable bonds is 20. The monoisotopic (exact) mass is 550 g/mol. The first-order chi connectivity index (χ1) is 16.6. The first kappa shape index (κ1) is 37.7. The lowest BCUT2D eigenvalue weighted by Crippen LogP contribution is -2.47. The van der Waals surface area contributed by atoms with Crippen molar-refractivity contribution in [3.8, 4) is 0 Å². The molecule has 0 aliphatic heterocycles. The zero-order valence-electron chi connectivity index (χ0n) is 26.9. The van der Waals surface area contributed by atoms with E-state index in [0.29, 0.717) is 38.9 Å². The van der Waals surface area contributed by atoms with E-state index in [1.807, 2.05) is 34.6 Å². The molecule has 0 bridgehead atoms. The molecule has 1 atom stereocenters. The molecule has 38 heavy (non-hydrogen) atoms. The van der Waals surface area contributed by atoms with Crippen LogP contribution in [0.25, 0.3) is 0 Å². The standard InChI is InChI=1S/C30H62O8/c1-23(36-19-25(4,5)32)16-30(22-35-15-14-24(2,3)31,17-28(10,11)37-20-26(6,7)33)18-29(12,13)38-21-27(8,9)34/h23,31-34H,14-22H2,1-13H3. The highest BCUT2D eigenvalue weighted by atomic mass is 16.5. The van der Waals surface area contributed by atoms with Crippen LogP contribution < -0.4 is 0 Å². The molecular formula is C30H62O8. The molecule has 0 aromatic carbocycles. The Morgan fingerprint density at radius 3 is 1.29 bits per heavy atom. The molecule has 0 amide bonds. The summed E-state index contributed by atoms with van der Waals surface area (Å²) < 4.78 is 24.8. The lowest BCUT2D eigenvalue weighted by Gasteiger charge is -2.46. The van der Waals surface area contributed by atoms with Crippen molar-refractivity contribution in [1.82, 2.24) is 0 Å².